The molecule has 0 unspecified atom stereocenters. The van der Waals surface area contributed by atoms with Crippen LogP contribution in [0.4, 0.5) is 0 Å². The summed E-state index contributed by atoms with van der Waals surface area (Å²) in [5, 5.41) is 6.71. The van der Waals surface area contributed by atoms with Crippen molar-refractivity contribution in [3.8, 4) is 11.3 Å². The van der Waals surface area contributed by atoms with E-state index in [1.54, 1.807) is 6.07 Å². The first kappa shape index (κ1) is 15.0. The van der Waals surface area contributed by atoms with Crippen molar-refractivity contribution in [1.29, 1.82) is 0 Å². The highest BCUT2D eigenvalue weighted by molar-refractivity contribution is 5.93. The number of carbonyl (C=O) groups is 1. The smallest absolute Gasteiger partial charge is 0.273 e. The fourth-order valence-electron chi connectivity index (χ4n) is 2.29. The molecular weight excluding hydrogens is 288 g/mol. The second kappa shape index (κ2) is 6.92. The highest BCUT2D eigenvalue weighted by Gasteiger charge is 2.13. The number of aryl methyl sites for hydroxylation is 1. The lowest BCUT2D eigenvalue weighted by atomic mass is 10.1. The molecule has 0 saturated heterocycles. The van der Waals surface area contributed by atoms with Gasteiger partial charge in [-0.25, -0.2) is 0 Å². The third kappa shape index (κ3) is 3.86. The molecule has 0 atom stereocenters. The maximum absolute atomic E-state index is 12.1. The number of hydrogen-bond acceptors (Lipinski definition) is 3. The first-order valence-electron chi connectivity index (χ1n) is 7.58. The SMILES string of the molecule is Cc1ccc(CCNC(=O)c2cc(-c3ccccc3)on2)cc1. The fourth-order valence-corrected chi connectivity index (χ4v) is 2.29. The van der Waals surface area contributed by atoms with Crippen molar-refractivity contribution in [3.05, 3.63) is 77.5 Å². The summed E-state index contributed by atoms with van der Waals surface area (Å²) in [7, 11) is 0. The minimum Gasteiger partial charge on any atom is -0.355 e. The minimum atomic E-state index is -0.219. The van der Waals surface area contributed by atoms with Crippen LogP contribution in [0.1, 0.15) is 21.6 Å². The van der Waals surface area contributed by atoms with Crippen LogP contribution in [0.2, 0.25) is 0 Å². The molecule has 3 aromatic rings. The van der Waals surface area contributed by atoms with Crippen LogP contribution in [-0.2, 0) is 6.42 Å². The molecule has 1 amide bonds. The highest BCUT2D eigenvalue weighted by Crippen LogP contribution is 2.19. The van der Waals surface area contributed by atoms with E-state index in [0.717, 1.165) is 12.0 Å². The maximum atomic E-state index is 12.1. The third-order valence-corrected chi connectivity index (χ3v) is 3.62. The molecule has 1 heterocycles. The molecule has 0 aliphatic carbocycles. The van der Waals surface area contributed by atoms with E-state index in [4.69, 9.17) is 4.52 Å². The van der Waals surface area contributed by atoms with Gasteiger partial charge in [0.2, 0.25) is 0 Å². The minimum absolute atomic E-state index is 0.219. The zero-order valence-electron chi connectivity index (χ0n) is 13.0. The Morgan fingerprint density at radius 1 is 1.09 bits per heavy atom. The number of hydrogen-bond donors (Lipinski definition) is 1. The van der Waals surface area contributed by atoms with E-state index < -0.39 is 0 Å². The van der Waals surface area contributed by atoms with Gasteiger partial charge in [-0.05, 0) is 18.9 Å². The molecule has 0 radical (unpaired) electrons. The molecule has 23 heavy (non-hydrogen) atoms. The van der Waals surface area contributed by atoms with E-state index in [0.29, 0.717) is 18.0 Å². The van der Waals surface area contributed by atoms with E-state index in [1.165, 1.54) is 11.1 Å². The molecule has 0 spiro atoms. The molecule has 0 aliphatic rings. The Hall–Kier alpha value is -2.88. The van der Waals surface area contributed by atoms with Gasteiger partial charge < -0.3 is 9.84 Å². The van der Waals surface area contributed by atoms with Gasteiger partial charge in [-0.3, -0.25) is 4.79 Å². The summed E-state index contributed by atoms with van der Waals surface area (Å²) in [6.45, 7) is 2.62. The Balaban J connectivity index is 1.56. The Labute approximate surface area is 135 Å². The number of nitrogens with zero attached hydrogens (tertiary/aromatic N) is 1. The summed E-state index contributed by atoms with van der Waals surface area (Å²) in [6, 6.07) is 19.5. The number of amides is 1. The quantitative estimate of drug-likeness (QED) is 0.783. The van der Waals surface area contributed by atoms with Crippen molar-refractivity contribution in [1.82, 2.24) is 10.5 Å². The summed E-state index contributed by atoms with van der Waals surface area (Å²) < 4.78 is 5.24. The number of rotatable bonds is 5. The molecule has 0 saturated carbocycles. The van der Waals surface area contributed by atoms with Crippen LogP contribution in [0.25, 0.3) is 11.3 Å². The zero-order valence-corrected chi connectivity index (χ0v) is 13.0. The van der Waals surface area contributed by atoms with Gasteiger partial charge in [0.1, 0.15) is 0 Å². The van der Waals surface area contributed by atoms with Crippen LogP contribution in [-0.4, -0.2) is 17.6 Å². The molecule has 3 rings (SSSR count). The molecule has 4 heteroatoms. The summed E-state index contributed by atoms with van der Waals surface area (Å²) in [4.78, 5) is 12.1. The van der Waals surface area contributed by atoms with E-state index in [-0.39, 0.29) is 5.91 Å². The van der Waals surface area contributed by atoms with Crippen molar-refractivity contribution in [2.45, 2.75) is 13.3 Å². The zero-order chi connectivity index (χ0) is 16.1. The van der Waals surface area contributed by atoms with Gasteiger partial charge in [0.15, 0.2) is 11.5 Å². The summed E-state index contributed by atoms with van der Waals surface area (Å²) in [5.74, 6) is 0.373. The van der Waals surface area contributed by atoms with Crippen LogP contribution in [0.15, 0.2) is 65.2 Å². The maximum Gasteiger partial charge on any atom is 0.273 e. The predicted octanol–water partition coefficient (Wildman–Crippen LogP) is 3.62. The number of aromatic nitrogens is 1. The molecule has 1 aromatic heterocycles. The monoisotopic (exact) mass is 306 g/mol. The number of carbonyl (C=O) groups excluding carboxylic acids is 1. The van der Waals surface area contributed by atoms with E-state index in [9.17, 15) is 4.79 Å². The van der Waals surface area contributed by atoms with Crippen LogP contribution in [0.3, 0.4) is 0 Å². The lowest BCUT2D eigenvalue weighted by molar-refractivity contribution is 0.0945. The molecule has 0 aliphatic heterocycles. The van der Waals surface area contributed by atoms with Gasteiger partial charge >= 0.3 is 0 Å². The highest BCUT2D eigenvalue weighted by atomic mass is 16.5. The summed E-state index contributed by atoms with van der Waals surface area (Å²) in [6.07, 6.45) is 0.787. The average Bonchev–Trinajstić information content (AvgIpc) is 3.07. The van der Waals surface area contributed by atoms with Gasteiger partial charge in [0.25, 0.3) is 5.91 Å². The predicted molar refractivity (Wildman–Crippen MR) is 89.2 cm³/mol. The molecular formula is C19H18N2O2. The van der Waals surface area contributed by atoms with Gasteiger partial charge in [-0.2, -0.15) is 0 Å². The fraction of sp³-hybridized carbons (Fsp3) is 0.158. The van der Waals surface area contributed by atoms with E-state index in [2.05, 4.69) is 41.7 Å². The van der Waals surface area contributed by atoms with Crippen molar-refractivity contribution in [3.63, 3.8) is 0 Å². The topological polar surface area (TPSA) is 55.1 Å². The standard InChI is InChI=1S/C19H18N2O2/c1-14-7-9-15(10-8-14)11-12-20-19(22)17-13-18(23-21-17)16-5-3-2-4-6-16/h2-10,13H,11-12H2,1H3,(H,20,22). The largest absolute Gasteiger partial charge is 0.355 e. The Bertz CT molecular complexity index is 777. The van der Waals surface area contributed by atoms with Gasteiger partial charge in [-0.1, -0.05) is 65.3 Å². The lowest BCUT2D eigenvalue weighted by Gasteiger charge is -2.03. The normalized spacial score (nSPS) is 10.5. The van der Waals surface area contributed by atoms with Gasteiger partial charge in [0, 0.05) is 18.2 Å². The van der Waals surface area contributed by atoms with Crippen molar-refractivity contribution >= 4 is 5.91 Å². The Kier molecular flexibility index (Phi) is 4.52. The first-order valence-corrected chi connectivity index (χ1v) is 7.58. The van der Waals surface area contributed by atoms with E-state index >= 15 is 0 Å². The average molecular weight is 306 g/mol. The van der Waals surface area contributed by atoms with Crippen LogP contribution >= 0.6 is 0 Å². The van der Waals surface area contributed by atoms with Crippen molar-refractivity contribution in [2.24, 2.45) is 0 Å². The van der Waals surface area contributed by atoms with Gasteiger partial charge in [-0.15, -0.1) is 0 Å². The van der Waals surface area contributed by atoms with Crippen molar-refractivity contribution < 1.29 is 9.32 Å². The second-order valence-electron chi connectivity index (χ2n) is 5.43. The molecule has 1 N–H and O–H groups in total. The summed E-state index contributed by atoms with van der Waals surface area (Å²) >= 11 is 0. The Morgan fingerprint density at radius 2 is 1.83 bits per heavy atom. The van der Waals surface area contributed by atoms with Crippen molar-refractivity contribution in [2.75, 3.05) is 6.54 Å². The van der Waals surface area contributed by atoms with Crippen LogP contribution in [0.5, 0.6) is 0 Å². The Morgan fingerprint density at radius 3 is 2.57 bits per heavy atom. The second-order valence-corrected chi connectivity index (χ2v) is 5.43. The first-order chi connectivity index (χ1) is 11.2. The molecule has 0 fully saturated rings. The molecule has 4 nitrogen and oxygen atoms in total. The summed E-state index contributed by atoms with van der Waals surface area (Å²) in [5.41, 5.74) is 3.63. The third-order valence-electron chi connectivity index (χ3n) is 3.62. The molecule has 116 valence electrons. The van der Waals surface area contributed by atoms with Crippen LogP contribution < -0.4 is 5.32 Å². The molecule has 0 bridgehead atoms. The number of nitrogens with one attached hydrogen (secondary N) is 1. The number of benzene rings is 2. The van der Waals surface area contributed by atoms with E-state index in [1.807, 2.05) is 30.3 Å². The lowest BCUT2D eigenvalue weighted by Crippen LogP contribution is -2.25. The molecule has 2 aromatic carbocycles. The van der Waals surface area contributed by atoms with Crippen LogP contribution in [0, 0.1) is 6.92 Å². The van der Waals surface area contributed by atoms with Gasteiger partial charge in [0.05, 0.1) is 0 Å².